The minimum atomic E-state index is 0.431. The van der Waals surface area contributed by atoms with Gasteiger partial charge in [0.1, 0.15) is 0 Å². The molecular formula is C10H6BrNS2. The van der Waals surface area contributed by atoms with E-state index >= 15 is 0 Å². The first-order valence-corrected chi connectivity index (χ1v) is 6.05. The Morgan fingerprint density at radius 3 is 3.00 bits per heavy atom. The molecule has 0 amide bonds. The van der Waals surface area contributed by atoms with Crippen molar-refractivity contribution in [3.8, 4) is 6.07 Å². The topological polar surface area (TPSA) is 23.8 Å². The van der Waals surface area contributed by atoms with Gasteiger partial charge in [0.15, 0.2) is 0 Å². The van der Waals surface area contributed by atoms with Crippen LogP contribution in [0.1, 0.15) is 5.56 Å². The largest absolute Gasteiger partial charge is 0.198 e. The summed E-state index contributed by atoms with van der Waals surface area (Å²) in [4.78, 5) is 0. The monoisotopic (exact) mass is 283 g/mol. The average molecular weight is 284 g/mol. The lowest BCUT2D eigenvalue weighted by molar-refractivity contribution is 1.26. The number of rotatable bonds is 1. The van der Waals surface area contributed by atoms with Crippen LogP contribution in [-0.2, 0) is 6.42 Å². The number of halogens is 1. The Morgan fingerprint density at radius 1 is 1.50 bits per heavy atom. The van der Waals surface area contributed by atoms with Crippen LogP contribution in [0.5, 0.6) is 0 Å². The molecule has 1 aromatic heterocycles. The van der Waals surface area contributed by atoms with Crippen LogP contribution in [0.15, 0.2) is 26.9 Å². The number of hydrogen-bond donors (Lipinski definition) is 1. The number of thiol groups is 1. The lowest BCUT2D eigenvalue weighted by Gasteiger charge is -1.94. The van der Waals surface area contributed by atoms with Gasteiger partial charge in [-0.05, 0) is 23.1 Å². The molecule has 0 aliphatic rings. The predicted octanol–water partition coefficient (Wildman–Crippen LogP) is 4.02. The summed E-state index contributed by atoms with van der Waals surface area (Å²) >= 11 is 9.41. The third-order valence-corrected chi connectivity index (χ3v) is 4.02. The van der Waals surface area contributed by atoms with Crippen LogP contribution in [0.25, 0.3) is 10.1 Å². The van der Waals surface area contributed by atoms with Crippen molar-refractivity contribution in [1.29, 1.82) is 5.26 Å². The van der Waals surface area contributed by atoms with Crippen molar-refractivity contribution in [1.82, 2.24) is 0 Å². The lowest BCUT2D eigenvalue weighted by atomic mass is 10.1. The fourth-order valence-electron chi connectivity index (χ4n) is 1.36. The molecule has 2 rings (SSSR count). The van der Waals surface area contributed by atoms with Gasteiger partial charge in [-0.15, -0.1) is 24.0 Å². The summed E-state index contributed by atoms with van der Waals surface area (Å²) in [5.41, 5.74) is 1.04. The second-order valence-electron chi connectivity index (χ2n) is 2.86. The maximum absolute atomic E-state index is 8.69. The number of fused-ring (bicyclic) bond motifs is 1. The second kappa shape index (κ2) is 3.93. The third-order valence-electron chi connectivity index (χ3n) is 1.99. The first-order chi connectivity index (χ1) is 6.72. The summed E-state index contributed by atoms with van der Waals surface area (Å²) in [5, 5.41) is 9.83. The standard InChI is InChI=1S/C10H6BrNS2/c11-6-1-2-7-8(3-4-12)10(13)14-9(7)5-6/h1-2,5,13H,3H2. The summed E-state index contributed by atoms with van der Waals surface area (Å²) in [7, 11) is 0. The van der Waals surface area contributed by atoms with E-state index in [1.54, 1.807) is 11.3 Å². The van der Waals surface area contributed by atoms with E-state index < -0.39 is 0 Å². The summed E-state index contributed by atoms with van der Waals surface area (Å²) in [5.74, 6) is 0. The highest BCUT2D eigenvalue weighted by molar-refractivity contribution is 9.10. The number of hydrogen-bond acceptors (Lipinski definition) is 3. The van der Waals surface area contributed by atoms with Crippen LogP contribution in [0.4, 0.5) is 0 Å². The Balaban J connectivity index is 2.72. The van der Waals surface area contributed by atoms with Gasteiger partial charge in [0, 0.05) is 9.17 Å². The summed E-state index contributed by atoms with van der Waals surface area (Å²) in [6.07, 6.45) is 0.431. The maximum Gasteiger partial charge on any atom is 0.0670 e. The summed E-state index contributed by atoms with van der Waals surface area (Å²) in [6.45, 7) is 0. The van der Waals surface area contributed by atoms with E-state index in [4.69, 9.17) is 5.26 Å². The minimum Gasteiger partial charge on any atom is -0.198 e. The molecule has 4 heteroatoms. The molecular weight excluding hydrogens is 278 g/mol. The Morgan fingerprint density at radius 2 is 2.29 bits per heavy atom. The first kappa shape index (κ1) is 10.0. The maximum atomic E-state index is 8.69. The molecule has 0 spiro atoms. The fourth-order valence-corrected chi connectivity index (χ4v) is 3.37. The Kier molecular flexibility index (Phi) is 2.82. The molecule has 1 aromatic carbocycles. The molecule has 0 aliphatic carbocycles. The van der Waals surface area contributed by atoms with E-state index in [1.165, 1.54) is 4.70 Å². The zero-order valence-electron chi connectivity index (χ0n) is 7.12. The zero-order chi connectivity index (χ0) is 10.1. The Bertz CT molecular complexity index is 525. The van der Waals surface area contributed by atoms with Gasteiger partial charge < -0.3 is 0 Å². The molecule has 0 N–H and O–H groups in total. The van der Waals surface area contributed by atoms with Gasteiger partial charge in [-0.2, -0.15) is 5.26 Å². The van der Waals surface area contributed by atoms with Gasteiger partial charge in [-0.3, -0.25) is 0 Å². The molecule has 0 fully saturated rings. The Hall–Kier alpha value is -0.500. The van der Waals surface area contributed by atoms with E-state index in [1.807, 2.05) is 12.1 Å². The molecule has 1 nitrogen and oxygen atoms in total. The molecule has 0 bridgehead atoms. The molecule has 0 radical (unpaired) electrons. The van der Waals surface area contributed by atoms with E-state index in [-0.39, 0.29) is 0 Å². The number of nitrogens with zero attached hydrogens (tertiary/aromatic N) is 1. The van der Waals surface area contributed by atoms with Crippen LogP contribution >= 0.6 is 39.9 Å². The molecule has 2 aromatic rings. The van der Waals surface area contributed by atoms with Crippen molar-refractivity contribution in [2.45, 2.75) is 10.6 Å². The van der Waals surface area contributed by atoms with E-state index in [2.05, 4.69) is 40.7 Å². The van der Waals surface area contributed by atoms with Crippen molar-refractivity contribution in [3.63, 3.8) is 0 Å². The highest BCUT2D eigenvalue weighted by Crippen LogP contribution is 2.35. The SMILES string of the molecule is N#CCc1c(S)sc2cc(Br)ccc12. The van der Waals surface area contributed by atoms with Gasteiger partial charge in [0.25, 0.3) is 0 Å². The number of nitriles is 1. The fraction of sp³-hybridized carbons (Fsp3) is 0.100. The molecule has 14 heavy (non-hydrogen) atoms. The molecule has 70 valence electrons. The average Bonchev–Trinajstić information content (AvgIpc) is 2.43. The normalized spacial score (nSPS) is 10.4. The van der Waals surface area contributed by atoms with Crippen molar-refractivity contribution < 1.29 is 0 Å². The molecule has 0 atom stereocenters. The number of benzene rings is 1. The van der Waals surface area contributed by atoms with Crippen LogP contribution in [0.2, 0.25) is 0 Å². The molecule has 0 saturated carbocycles. The van der Waals surface area contributed by atoms with Gasteiger partial charge in [-0.25, -0.2) is 0 Å². The highest BCUT2D eigenvalue weighted by atomic mass is 79.9. The molecule has 1 heterocycles. The molecule has 0 saturated heterocycles. The summed E-state index contributed by atoms with van der Waals surface area (Å²) in [6, 6.07) is 8.24. The van der Waals surface area contributed by atoms with E-state index in [0.717, 1.165) is 19.6 Å². The van der Waals surface area contributed by atoms with Crippen molar-refractivity contribution in [2.24, 2.45) is 0 Å². The van der Waals surface area contributed by atoms with Crippen LogP contribution in [-0.4, -0.2) is 0 Å². The predicted molar refractivity (Wildman–Crippen MR) is 66.1 cm³/mol. The Labute approximate surface area is 99.9 Å². The molecule has 0 unspecified atom stereocenters. The van der Waals surface area contributed by atoms with Crippen LogP contribution in [0.3, 0.4) is 0 Å². The van der Waals surface area contributed by atoms with Gasteiger partial charge >= 0.3 is 0 Å². The van der Waals surface area contributed by atoms with Gasteiger partial charge in [-0.1, -0.05) is 22.0 Å². The zero-order valence-corrected chi connectivity index (χ0v) is 10.4. The number of thiophene rings is 1. The van der Waals surface area contributed by atoms with Crippen LogP contribution in [0, 0.1) is 11.3 Å². The second-order valence-corrected chi connectivity index (χ2v) is 5.58. The third kappa shape index (κ3) is 1.68. The molecule has 0 aliphatic heterocycles. The lowest BCUT2D eigenvalue weighted by Crippen LogP contribution is -1.78. The van der Waals surface area contributed by atoms with Gasteiger partial charge in [0.2, 0.25) is 0 Å². The van der Waals surface area contributed by atoms with Crippen LogP contribution < -0.4 is 0 Å². The summed E-state index contributed by atoms with van der Waals surface area (Å²) < 4.78 is 3.18. The quantitative estimate of drug-likeness (QED) is 0.786. The van der Waals surface area contributed by atoms with Gasteiger partial charge in [0.05, 0.1) is 16.7 Å². The van der Waals surface area contributed by atoms with E-state index in [9.17, 15) is 0 Å². The first-order valence-electron chi connectivity index (χ1n) is 3.99. The van der Waals surface area contributed by atoms with E-state index in [0.29, 0.717) is 6.42 Å². The van der Waals surface area contributed by atoms with Crippen molar-refractivity contribution in [2.75, 3.05) is 0 Å². The smallest absolute Gasteiger partial charge is 0.0670 e. The minimum absolute atomic E-state index is 0.431. The highest BCUT2D eigenvalue weighted by Gasteiger charge is 2.08. The van der Waals surface area contributed by atoms with Crippen molar-refractivity contribution >= 4 is 50.0 Å². The van der Waals surface area contributed by atoms with Crippen molar-refractivity contribution in [3.05, 3.63) is 28.2 Å².